The maximum absolute atomic E-state index is 10.5. The van der Waals surface area contributed by atoms with Gasteiger partial charge in [-0.15, -0.1) is 12.4 Å². The fourth-order valence-corrected chi connectivity index (χ4v) is 1.25. The number of carbonyl (C=O) groups is 1. The van der Waals surface area contributed by atoms with Crippen molar-refractivity contribution in [3.63, 3.8) is 0 Å². The summed E-state index contributed by atoms with van der Waals surface area (Å²) in [7, 11) is 0. The molecule has 1 aromatic rings. The number of hydrogen-bond donors (Lipinski definition) is 1. The zero-order valence-corrected chi connectivity index (χ0v) is 8.78. The molecule has 0 saturated carbocycles. The van der Waals surface area contributed by atoms with Gasteiger partial charge in [0.15, 0.2) is 0 Å². The molecule has 0 aromatic heterocycles. The number of carboxylic acids is 1. The first-order valence-electron chi connectivity index (χ1n) is 3.11. The smallest absolute Gasteiger partial charge is 0.336 e. The molecule has 0 atom stereocenters. The molecule has 1 aromatic carbocycles. The van der Waals surface area contributed by atoms with Crippen molar-refractivity contribution in [3.8, 4) is 0 Å². The zero-order chi connectivity index (χ0) is 8.43. The van der Waals surface area contributed by atoms with E-state index in [1.54, 1.807) is 12.1 Å². The Labute approximate surface area is 85.1 Å². The highest BCUT2D eigenvalue weighted by Crippen LogP contribution is 2.20. The lowest BCUT2D eigenvalue weighted by Gasteiger charge is -2.00. The van der Waals surface area contributed by atoms with E-state index in [1.165, 1.54) is 0 Å². The molecule has 0 bridgehead atoms. The summed E-state index contributed by atoms with van der Waals surface area (Å²) in [4.78, 5) is 10.5. The second-order valence-electron chi connectivity index (χ2n) is 2.24. The van der Waals surface area contributed by atoms with E-state index < -0.39 is 5.97 Å². The number of aromatic carboxylic acids is 1. The number of carboxylic acid groups (broad SMARTS) is 1. The van der Waals surface area contributed by atoms with Crippen LogP contribution in [0.15, 0.2) is 22.7 Å². The van der Waals surface area contributed by atoms with Crippen LogP contribution >= 0.6 is 28.3 Å². The maximum atomic E-state index is 10.5. The Morgan fingerprint density at radius 3 is 2.50 bits per heavy atom. The first-order valence-corrected chi connectivity index (χ1v) is 3.90. The third-order valence-corrected chi connectivity index (χ3v) is 2.47. The topological polar surface area (TPSA) is 37.3 Å². The molecule has 4 heteroatoms. The standard InChI is InChI=1S/C8H7BrO2.ClH/c1-5-3-2-4-6(7(5)9)8(10)11;/h2-4H,1H3,(H,10,11);1H. The highest BCUT2D eigenvalue weighted by Gasteiger charge is 2.07. The molecule has 0 radical (unpaired) electrons. The quantitative estimate of drug-likeness (QED) is 0.833. The van der Waals surface area contributed by atoms with Crippen LogP contribution in [0.2, 0.25) is 0 Å². The van der Waals surface area contributed by atoms with Gasteiger partial charge in [-0.2, -0.15) is 0 Å². The molecule has 0 amide bonds. The molecule has 0 saturated heterocycles. The average Bonchev–Trinajstić information content (AvgIpc) is 1.94. The number of hydrogen-bond acceptors (Lipinski definition) is 1. The van der Waals surface area contributed by atoms with Crippen molar-refractivity contribution < 1.29 is 9.90 Å². The second-order valence-corrected chi connectivity index (χ2v) is 3.03. The predicted octanol–water partition coefficient (Wildman–Crippen LogP) is 2.88. The fourth-order valence-electron chi connectivity index (χ4n) is 0.813. The van der Waals surface area contributed by atoms with Crippen molar-refractivity contribution in [2.45, 2.75) is 6.92 Å². The van der Waals surface area contributed by atoms with E-state index in [0.29, 0.717) is 10.0 Å². The lowest BCUT2D eigenvalue weighted by atomic mass is 10.1. The van der Waals surface area contributed by atoms with Crippen LogP contribution in [0.4, 0.5) is 0 Å². The van der Waals surface area contributed by atoms with Crippen LogP contribution in [-0.4, -0.2) is 11.1 Å². The van der Waals surface area contributed by atoms with E-state index >= 15 is 0 Å². The van der Waals surface area contributed by atoms with Gasteiger partial charge in [-0.05, 0) is 34.5 Å². The lowest BCUT2D eigenvalue weighted by Crippen LogP contribution is -1.97. The summed E-state index contributed by atoms with van der Waals surface area (Å²) < 4.78 is 0.660. The van der Waals surface area contributed by atoms with Crippen molar-refractivity contribution in [1.29, 1.82) is 0 Å². The van der Waals surface area contributed by atoms with Gasteiger partial charge in [-0.25, -0.2) is 4.79 Å². The third-order valence-electron chi connectivity index (χ3n) is 1.42. The van der Waals surface area contributed by atoms with Gasteiger partial charge < -0.3 is 5.11 Å². The van der Waals surface area contributed by atoms with Crippen molar-refractivity contribution >= 4 is 34.3 Å². The van der Waals surface area contributed by atoms with Crippen LogP contribution < -0.4 is 0 Å². The first kappa shape index (κ1) is 11.5. The number of aryl methyl sites for hydroxylation is 1. The van der Waals surface area contributed by atoms with Crippen molar-refractivity contribution in [2.75, 3.05) is 0 Å². The average molecular weight is 252 g/mol. The Morgan fingerprint density at radius 2 is 2.08 bits per heavy atom. The number of benzene rings is 1. The van der Waals surface area contributed by atoms with Crippen LogP contribution in [0.3, 0.4) is 0 Å². The minimum absolute atomic E-state index is 0. The molecule has 1 N–H and O–H groups in total. The molecule has 0 aliphatic heterocycles. The van der Waals surface area contributed by atoms with Gasteiger partial charge >= 0.3 is 5.97 Å². The van der Waals surface area contributed by atoms with Crippen LogP contribution in [0.5, 0.6) is 0 Å². The van der Waals surface area contributed by atoms with E-state index in [0.717, 1.165) is 5.56 Å². The van der Waals surface area contributed by atoms with Crippen molar-refractivity contribution in [2.24, 2.45) is 0 Å². The summed E-state index contributed by atoms with van der Waals surface area (Å²) in [6.45, 7) is 1.86. The van der Waals surface area contributed by atoms with Crippen LogP contribution in [-0.2, 0) is 0 Å². The van der Waals surface area contributed by atoms with E-state index in [1.807, 2.05) is 13.0 Å². The highest BCUT2D eigenvalue weighted by atomic mass is 79.9. The van der Waals surface area contributed by atoms with Gasteiger partial charge in [0.25, 0.3) is 0 Å². The van der Waals surface area contributed by atoms with Crippen LogP contribution in [0.1, 0.15) is 15.9 Å². The van der Waals surface area contributed by atoms with E-state index in [2.05, 4.69) is 15.9 Å². The minimum Gasteiger partial charge on any atom is -0.478 e. The Hall–Kier alpha value is -0.540. The molecule has 0 unspecified atom stereocenters. The Morgan fingerprint density at radius 1 is 1.50 bits per heavy atom. The summed E-state index contributed by atoms with van der Waals surface area (Å²) in [6.07, 6.45) is 0. The summed E-state index contributed by atoms with van der Waals surface area (Å²) in [5, 5.41) is 8.66. The monoisotopic (exact) mass is 250 g/mol. The van der Waals surface area contributed by atoms with Crippen molar-refractivity contribution in [1.82, 2.24) is 0 Å². The molecule has 0 fully saturated rings. The van der Waals surface area contributed by atoms with Crippen LogP contribution in [0.25, 0.3) is 0 Å². The summed E-state index contributed by atoms with van der Waals surface area (Å²) >= 11 is 3.20. The molecule has 2 nitrogen and oxygen atoms in total. The highest BCUT2D eigenvalue weighted by molar-refractivity contribution is 9.10. The maximum Gasteiger partial charge on any atom is 0.336 e. The van der Waals surface area contributed by atoms with Gasteiger partial charge in [-0.1, -0.05) is 12.1 Å². The number of rotatable bonds is 1. The second kappa shape index (κ2) is 4.48. The normalized spacial score (nSPS) is 8.83. The molecule has 0 aliphatic rings. The lowest BCUT2D eigenvalue weighted by molar-refractivity contribution is 0.0696. The Bertz CT molecular complexity index is 299. The molecule has 0 spiro atoms. The summed E-state index contributed by atoms with van der Waals surface area (Å²) in [5.74, 6) is -0.902. The van der Waals surface area contributed by atoms with E-state index in [4.69, 9.17) is 5.11 Å². The van der Waals surface area contributed by atoms with Gasteiger partial charge in [0.1, 0.15) is 0 Å². The van der Waals surface area contributed by atoms with E-state index in [-0.39, 0.29) is 12.4 Å². The Kier molecular flexibility index (Phi) is 4.28. The molecule has 66 valence electrons. The minimum atomic E-state index is -0.902. The van der Waals surface area contributed by atoms with E-state index in [9.17, 15) is 4.79 Å². The summed E-state index contributed by atoms with van der Waals surface area (Å²) in [6, 6.07) is 5.15. The van der Waals surface area contributed by atoms with Crippen molar-refractivity contribution in [3.05, 3.63) is 33.8 Å². The van der Waals surface area contributed by atoms with Gasteiger partial charge in [-0.3, -0.25) is 0 Å². The number of halogens is 2. The van der Waals surface area contributed by atoms with Crippen LogP contribution in [0, 0.1) is 6.92 Å². The first-order chi connectivity index (χ1) is 5.13. The molecule has 0 aliphatic carbocycles. The Balaban J connectivity index is 0.00000121. The third kappa shape index (κ3) is 2.22. The fraction of sp³-hybridized carbons (Fsp3) is 0.125. The largest absolute Gasteiger partial charge is 0.478 e. The predicted molar refractivity (Wildman–Crippen MR) is 53.1 cm³/mol. The molecule has 12 heavy (non-hydrogen) atoms. The molecular weight excluding hydrogens is 243 g/mol. The zero-order valence-electron chi connectivity index (χ0n) is 6.37. The SMILES string of the molecule is Cc1cccc(C(=O)O)c1Br.Cl. The molecular formula is C8H8BrClO2. The molecule has 1 rings (SSSR count). The molecule has 0 heterocycles. The van der Waals surface area contributed by atoms with Gasteiger partial charge in [0.2, 0.25) is 0 Å². The summed E-state index contributed by atoms with van der Waals surface area (Å²) in [5.41, 5.74) is 1.25. The van der Waals surface area contributed by atoms with Gasteiger partial charge in [0, 0.05) is 4.47 Å². The van der Waals surface area contributed by atoms with Gasteiger partial charge in [0.05, 0.1) is 5.56 Å².